The summed E-state index contributed by atoms with van der Waals surface area (Å²) in [5, 5.41) is 32.6. The Morgan fingerprint density at radius 3 is 2.90 bits per heavy atom. The number of aryl methyl sites for hydroxylation is 1. The fourth-order valence-corrected chi connectivity index (χ4v) is 5.07. The van der Waals surface area contributed by atoms with Crippen molar-refractivity contribution in [3.8, 4) is 23.2 Å². The average molecular weight is 519 g/mol. The average Bonchev–Trinajstić information content (AvgIpc) is 3.34. The number of hydrogen-bond acceptors (Lipinski definition) is 8. The van der Waals surface area contributed by atoms with Gasteiger partial charge >= 0.3 is 0 Å². The number of phenolic OH excluding ortho intramolecular Hbond substituents is 1. The molecule has 0 bridgehead atoms. The molecule has 10 heteroatoms. The fourth-order valence-electron chi connectivity index (χ4n) is 5.07. The molecule has 3 N–H and O–H groups in total. The predicted molar refractivity (Wildman–Crippen MR) is 150 cm³/mol. The minimum absolute atomic E-state index is 0.000134. The first kappa shape index (κ1) is 24.3. The van der Waals surface area contributed by atoms with Crippen molar-refractivity contribution in [2.75, 3.05) is 29.9 Å². The lowest BCUT2D eigenvalue weighted by Gasteiger charge is -2.33. The van der Waals surface area contributed by atoms with Gasteiger partial charge in [-0.25, -0.2) is 9.97 Å². The SMILES string of the molecule is Cn1ncc2c(-c3nc(C(=O)Nc4cc(O)cc5ccccc45)cc(N4CCN[C@@H](CC#N)C4)n3)cccc21. The predicted octanol–water partition coefficient (Wildman–Crippen LogP) is 3.83. The van der Waals surface area contributed by atoms with E-state index in [1.165, 1.54) is 6.07 Å². The number of nitriles is 1. The van der Waals surface area contributed by atoms with Crippen LogP contribution in [0.3, 0.4) is 0 Å². The van der Waals surface area contributed by atoms with Crippen molar-refractivity contribution in [2.45, 2.75) is 12.5 Å². The summed E-state index contributed by atoms with van der Waals surface area (Å²) in [6.45, 7) is 1.95. The van der Waals surface area contributed by atoms with E-state index >= 15 is 0 Å². The minimum Gasteiger partial charge on any atom is -0.508 e. The first-order valence-electron chi connectivity index (χ1n) is 12.7. The number of benzene rings is 3. The largest absolute Gasteiger partial charge is 0.508 e. The molecule has 3 heterocycles. The normalized spacial score (nSPS) is 15.4. The summed E-state index contributed by atoms with van der Waals surface area (Å²) >= 11 is 0. The lowest BCUT2D eigenvalue weighted by Crippen LogP contribution is -2.51. The van der Waals surface area contributed by atoms with Crippen molar-refractivity contribution in [1.82, 2.24) is 25.1 Å². The molecule has 1 amide bonds. The maximum Gasteiger partial charge on any atom is 0.274 e. The third-order valence-corrected chi connectivity index (χ3v) is 6.99. The summed E-state index contributed by atoms with van der Waals surface area (Å²) in [6.07, 6.45) is 2.15. The first-order chi connectivity index (χ1) is 19.0. The molecule has 2 aromatic heterocycles. The van der Waals surface area contributed by atoms with Gasteiger partial charge in [-0.05, 0) is 17.5 Å². The van der Waals surface area contributed by atoms with Crippen molar-refractivity contribution in [1.29, 1.82) is 5.26 Å². The van der Waals surface area contributed by atoms with Crippen molar-refractivity contribution >= 4 is 39.1 Å². The lowest BCUT2D eigenvalue weighted by atomic mass is 10.1. The number of nitrogens with one attached hydrogen (secondary N) is 2. The number of carbonyl (C=O) groups excluding carboxylic acids is 1. The number of nitrogens with zero attached hydrogens (tertiary/aromatic N) is 6. The molecule has 0 aliphatic carbocycles. The number of aromatic nitrogens is 4. The van der Waals surface area contributed by atoms with Crippen molar-refractivity contribution in [2.24, 2.45) is 7.05 Å². The molecular weight excluding hydrogens is 492 g/mol. The molecular formula is C29H26N8O2. The molecule has 1 atom stereocenters. The monoisotopic (exact) mass is 518 g/mol. The Balaban J connectivity index is 1.44. The number of phenols is 1. The van der Waals surface area contributed by atoms with Crippen LogP contribution in [0.25, 0.3) is 33.1 Å². The second-order valence-corrected chi connectivity index (χ2v) is 9.57. The Morgan fingerprint density at radius 1 is 1.15 bits per heavy atom. The molecule has 3 aromatic carbocycles. The van der Waals surface area contributed by atoms with Gasteiger partial charge in [0.25, 0.3) is 5.91 Å². The summed E-state index contributed by atoms with van der Waals surface area (Å²) in [4.78, 5) is 25.3. The maximum atomic E-state index is 13.6. The van der Waals surface area contributed by atoms with Crippen molar-refractivity contribution < 1.29 is 9.90 Å². The van der Waals surface area contributed by atoms with Gasteiger partial charge in [-0.15, -0.1) is 0 Å². The number of amides is 1. The third kappa shape index (κ3) is 4.71. The molecule has 6 rings (SSSR count). The quantitative estimate of drug-likeness (QED) is 0.320. The summed E-state index contributed by atoms with van der Waals surface area (Å²) in [5.41, 5.74) is 2.37. The molecule has 0 spiro atoms. The van der Waals surface area contributed by atoms with Crippen LogP contribution < -0.4 is 15.5 Å². The van der Waals surface area contributed by atoms with E-state index in [0.717, 1.165) is 27.2 Å². The van der Waals surface area contributed by atoms with E-state index < -0.39 is 5.91 Å². The highest BCUT2D eigenvalue weighted by atomic mass is 16.3. The molecule has 5 aromatic rings. The number of carbonyl (C=O) groups is 1. The van der Waals surface area contributed by atoms with Gasteiger partial charge in [0.1, 0.15) is 17.3 Å². The van der Waals surface area contributed by atoms with Crippen LogP contribution in [-0.2, 0) is 7.05 Å². The summed E-state index contributed by atoms with van der Waals surface area (Å²) in [5.74, 6) is 0.655. The molecule has 1 saturated heterocycles. The van der Waals surface area contributed by atoms with Gasteiger partial charge in [-0.2, -0.15) is 10.4 Å². The van der Waals surface area contributed by atoms with Gasteiger partial charge in [0.05, 0.1) is 29.9 Å². The van der Waals surface area contributed by atoms with Crippen LogP contribution in [-0.4, -0.2) is 56.4 Å². The number of hydrogen-bond donors (Lipinski definition) is 3. The summed E-state index contributed by atoms with van der Waals surface area (Å²) in [6, 6.07) is 20.4. The molecule has 10 nitrogen and oxygen atoms in total. The van der Waals surface area contributed by atoms with Gasteiger partial charge < -0.3 is 20.6 Å². The molecule has 1 aliphatic heterocycles. The lowest BCUT2D eigenvalue weighted by molar-refractivity contribution is 0.102. The van der Waals surface area contributed by atoms with Crippen LogP contribution in [0, 0.1) is 11.3 Å². The fraction of sp³-hybridized carbons (Fsp3) is 0.207. The van der Waals surface area contributed by atoms with Gasteiger partial charge in [0, 0.05) is 61.2 Å². The molecule has 39 heavy (non-hydrogen) atoms. The summed E-state index contributed by atoms with van der Waals surface area (Å²) < 4.78 is 1.78. The Kier molecular flexibility index (Phi) is 6.26. The second kappa shape index (κ2) is 10.0. The number of piperazine rings is 1. The zero-order chi connectivity index (χ0) is 26.9. The van der Waals surface area contributed by atoms with Gasteiger partial charge in [-0.1, -0.05) is 36.4 Å². The van der Waals surface area contributed by atoms with E-state index in [9.17, 15) is 15.2 Å². The van der Waals surface area contributed by atoms with E-state index in [1.807, 2.05) is 49.5 Å². The Morgan fingerprint density at radius 2 is 2.03 bits per heavy atom. The highest BCUT2D eigenvalue weighted by molar-refractivity contribution is 6.09. The van der Waals surface area contributed by atoms with E-state index in [2.05, 4.69) is 26.7 Å². The van der Waals surface area contributed by atoms with Crippen molar-refractivity contribution in [3.63, 3.8) is 0 Å². The Bertz CT molecular complexity index is 1760. The van der Waals surface area contributed by atoms with Crippen LogP contribution in [0.2, 0.25) is 0 Å². The topological polar surface area (TPSA) is 132 Å². The maximum absolute atomic E-state index is 13.6. The van der Waals surface area contributed by atoms with Gasteiger partial charge in [0.2, 0.25) is 0 Å². The molecule has 0 saturated carbocycles. The van der Waals surface area contributed by atoms with E-state index in [1.54, 1.807) is 23.0 Å². The van der Waals surface area contributed by atoms with Crippen LogP contribution >= 0.6 is 0 Å². The minimum atomic E-state index is -0.419. The van der Waals surface area contributed by atoms with Gasteiger partial charge in [0.15, 0.2) is 5.82 Å². The first-order valence-corrected chi connectivity index (χ1v) is 12.7. The zero-order valence-electron chi connectivity index (χ0n) is 21.3. The van der Waals surface area contributed by atoms with Crippen LogP contribution in [0.1, 0.15) is 16.9 Å². The standard InChI is InChI=1S/C29H26N8O2/c1-36-26-8-4-7-22(23(26)16-32-36)28-33-25(15-27(35-28)37-12-11-31-19(17-37)9-10-30)29(39)34-24-14-20(38)13-18-5-2-3-6-21(18)24/h2-8,13-16,19,31,38H,9,11-12,17H2,1H3,(H,34,39)/t19-/m0/s1. The van der Waals surface area contributed by atoms with Gasteiger partial charge in [-0.3, -0.25) is 9.48 Å². The molecule has 0 radical (unpaired) electrons. The van der Waals surface area contributed by atoms with Crippen LogP contribution in [0.5, 0.6) is 5.75 Å². The third-order valence-electron chi connectivity index (χ3n) is 6.99. The molecule has 0 unspecified atom stereocenters. The van der Waals surface area contributed by atoms with Crippen LogP contribution in [0.15, 0.2) is 66.9 Å². The van der Waals surface area contributed by atoms with E-state index in [-0.39, 0.29) is 17.5 Å². The number of aromatic hydroxyl groups is 1. The summed E-state index contributed by atoms with van der Waals surface area (Å²) in [7, 11) is 1.87. The number of fused-ring (bicyclic) bond motifs is 2. The molecule has 1 fully saturated rings. The second-order valence-electron chi connectivity index (χ2n) is 9.57. The molecule has 1 aliphatic rings. The Hall–Kier alpha value is -5.01. The smallest absolute Gasteiger partial charge is 0.274 e. The Labute approximate surface area is 224 Å². The molecule has 194 valence electrons. The zero-order valence-corrected chi connectivity index (χ0v) is 21.3. The van der Waals surface area contributed by atoms with Crippen molar-refractivity contribution in [3.05, 3.63) is 72.6 Å². The highest BCUT2D eigenvalue weighted by Gasteiger charge is 2.24. The number of anilines is 2. The highest BCUT2D eigenvalue weighted by Crippen LogP contribution is 2.31. The van der Waals surface area contributed by atoms with Crippen LogP contribution in [0.4, 0.5) is 11.5 Å². The number of rotatable bonds is 5. The van der Waals surface area contributed by atoms with E-state index in [4.69, 9.17) is 9.97 Å². The van der Waals surface area contributed by atoms with E-state index in [0.29, 0.717) is 43.4 Å².